The first-order valence-electron chi connectivity index (χ1n) is 6.76. The molecule has 3 rings (SSSR count). The largest absolute Gasteiger partial charge is 0.464 e. The molecule has 0 fully saturated rings. The number of fused-ring (bicyclic) bond motifs is 1. The summed E-state index contributed by atoms with van der Waals surface area (Å²) in [7, 11) is 1.88. The van der Waals surface area contributed by atoms with E-state index >= 15 is 0 Å². The Morgan fingerprint density at radius 2 is 2.05 bits per heavy atom. The van der Waals surface area contributed by atoms with Gasteiger partial charge in [0.25, 0.3) is 0 Å². The van der Waals surface area contributed by atoms with Gasteiger partial charge in [0.2, 0.25) is 0 Å². The summed E-state index contributed by atoms with van der Waals surface area (Å²) < 4.78 is 20.3. The van der Waals surface area contributed by atoms with Crippen molar-refractivity contribution in [1.29, 1.82) is 0 Å². The van der Waals surface area contributed by atoms with Crippen LogP contribution in [0.4, 0.5) is 4.39 Å². The molecule has 21 heavy (non-hydrogen) atoms. The van der Waals surface area contributed by atoms with Crippen LogP contribution in [0.5, 0.6) is 0 Å². The van der Waals surface area contributed by atoms with Crippen LogP contribution in [-0.2, 0) is 6.42 Å². The number of likely N-dealkylation sites (N-methyl/N-ethyl adjacent to an activating group) is 1. The van der Waals surface area contributed by atoms with Crippen LogP contribution in [-0.4, -0.2) is 7.05 Å². The van der Waals surface area contributed by atoms with E-state index in [1.165, 1.54) is 6.07 Å². The van der Waals surface area contributed by atoms with Gasteiger partial charge in [-0.25, -0.2) is 4.39 Å². The quantitative estimate of drug-likeness (QED) is 0.730. The lowest BCUT2D eigenvalue weighted by atomic mass is 9.98. The maximum absolute atomic E-state index is 14.0. The second kappa shape index (κ2) is 6.00. The normalized spacial score (nSPS) is 12.7. The van der Waals surface area contributed by atoms with E-state index in [-0.39, 0.29) is 11.9 Å². The Morgan fingerprint density at radius 3 is 2.81 bits per heavy atom. The highest BCUT2D eigenvalue weighted by Crippen LogP contribution is 2.29. The van der Waals surface area contributed by atoms with Gasteiger partial charge in [0.15, 0.2) is 0 Å². The lowest BCUT2D eigenvalue weighted by molar-refractivity contribution is 0.542. The fourth-order valence-electron chi connectivity index (χ4n) is 2.54. The monoisotopic (exact) mass is 347 g/mol. The Hall–Kier alpha value is -1.65. The lowest BCUT2D eigenvalue weighted by Gasteiger charge is -2.16. The van der Waals surface area contributed by atoms with Crippen molar-refractivity contribution in [2.75, 3.05) is 7.05 Å². The molecule has 0 saturated carbocycles. The van der Waals surface area contributed by atoms with Crippen molar-refractivity contribution >= 4 is 26.9 Å². The van der Waals surface area contributed by atoms with Gasteiger partial charge in [0.05, 0.1) is 6.26 Å². The minimum atomic E-state index is -0.197. The Morgan fingerprint density at radius 1 is 1.24 bits per heavy atom. The molecule has 1 heterocycles. The zero-order chi connectivity index (χ0) is 14.8. The standard InChI is InChI=1S/C17H15BrFNO/c1-20-16(8-11-6-7-12(18)9-15(11)19)14-10-21-17-5-3-2-4-13(14)17/h2-7,9-10,16,20H,8H2,1H3. The molecule has 1 N–H and O–H groups in total. The van der Waals surface area contributed by atoms with E-state index in [1.54, 1.807) is 6.26 Å². The number of para-hydroxylation sites is 1. The van der Waals surface area contributed by atoms with Crippen LogP contribution in [0.2, 0.25) is 0 Å². The average Bonchev–Trinajstić information content (AvgIpc) is 2.91. The molecule has 0 aliphatic rings. The Bertz CT molecular complexity index is 768. The van der Waals surface area contributed by atoms with Crippen molar-refractivity contribution in [2.24, 2.45) is 0 Å². The van der Waals surface area contributed by atoms with Gasteiger partial charge in [0.1, 0.15) is 11.4 Å². The Kier molecular flexibility index (Phi) is 4.08. The molecule has 108 valence electrons. The molecular weight excluding hydrogens is 333 g/mol. The van der Waals surface area contributed by atoms with Crippen LogP contribution in [0.25, 0.3) is 11.0 Å². The smallest absolute Gasteiger partial charge is 0.134 e. The van der Waals surface area contributed by atoms with Crippen LogP contribution in [0.3, 0.4) is 0 Å². The van der Waals surface area contributed by atoms with Gasteiger partial charge >= 0.3 is 0 Å². The van der Waals surface area contributed by atoms with Crippen molar-refractivity contribution < 1.29 is 8.81 Å². The molecule has 2 aromatic carbocycles. The van der Waals surface area contributed by atoms with E-state index in [2.05, 4.69) is 21.2 Å². The molecule has 1 aromatic heterocycles. The molecule has 0 amide bonds. The second-order valence-corrected chi connectivity index (χ2v) is 5.88. The molecule has 0 spiro atoms. The first-order valence-corrected chi connectivity index (χ1v) is 7.55. The van der Waals surface area contributed by atoms with Gasteiger partial charge in [-0.1, -0.05) is 40.2 Å². The predicted octanol–water partition coefficient (Wildman–Crippen LogP) is 4.84. The van der Waals surface area contributed by atoms with E-state index in [0.29, 0.717) is 12.0 Å². The highest BCUT2D eigenvalue weighted by molar-refractivity contribution is 9.10. The lowest BCUT2D eigenvalue weighted by Crippen LogP contribution is -2.19. The summed E-state index contributed by atoms with van der Waals surface area (Å²) in [5, 5.41) is 4.31. The second-order valence-electron chi connectivity index (χ2n) is 4.97. The minimum absolute atomic E-state index is 0.00401. The van der Waals surface area contributed by atoms with E-state index in [9.17, 15) is 4.39 Å². The summed E-state index contributed by atoms with van der Waals surface area (Å²) in [5.41, 5.74) is 2.59. The van der Waals surface area contributed by atoms with Gasteiger partial charge in [-0.05, 0) is 37.2 Å². The minimum Gasteiger partial charge on any atom is -0.464 e. The van der Waals surface area contributed by atoms with E-state index < -0.39 is 0 Å². The Balaban J connectivity index is 1.95. The van der Waals surface area contributed by atoms with Crippen LogP contribution in [0, 0.1) is 5.82 Å². The third kappa shape index (κ3) is 2.87. The summed E-state index contributed by atoms with van der Waals surface area (Å²) in [4.78, 5) is 0. The third-order valence-corrected chi connectivity index (χ3v) is 4.17. The van der Waals surface area contributed by atoms with E-state index in [1.807, 2.05) is 43.4 Å². The summed E-state index contributed by atoms with van der Waals surface area (Å²) in [6.07, 6.45) is 2.32. The van der Waals surface area contributed by atoms with Crippen LogP contribution >= 0.6 is 15.9 Å². The highest BCUT2D eigenvalue weighted by atomic mass is 79.9. The number of benzene rings is 2. The molecule has 0 radical (unpaired) electrons. The van der Waals surface area contributed by atoms with E-state index in [4.69, 9.17) is 4.42 Å². The fraction of sp³-hybridized carbons (Fsp3) is 0.176. The maximum Gasteiger partial charge on any atom is 0.134 e. The number of furan rings is 1. The summed E-state index contributed by atoms with van der Waals surface area (Å²) in [5.74, 6) is -0.197. The van der Waals surface area contributed by atoms with Gasteiger partial charge in [-0.15, -0.1) is 0 Å². The summed E-state index contributed by atoms with van der Waals surface area (Å²) in [6.45, 7) is 0. The van der Waals surface area contributed by atoms with Crippen molar-refractivity contribution in [2.45, 2.75) is 12.5 Å². The molecule has 2 nitrogen and oxygen atoms in total. The molecule has 0 bridgehead atoms. The zero-order valence-electron chi connectivity index (χ0n) is 11.6. The van der Waals surface area contributed by atoms with Crippen LogP contribution < -0.4 is 5.32 Å². The Labute approximate surface area is 131 Å². The van der Waals surface area contributed by atoms with Gasteiger partial charge in [-0.3, -0.25) is 0 Å². The zero-order valence-corrected chi connectivity index (χ0v) is 13.2. The molecule has 4 heteroatoms. The topological polar surface area (TPSA) is 25.2 Å². The first-order chi connectivity index (χ1) is 10.2. The molecular formula is C17H15BrFNO. The summed E-state index contributed by atoms with van der Waals surface area (Å²) >= 11 is 3.28. The SMILES string of the molecule is CNC(Cc1ccc(Br)cc1F)c1coc2ccccc12. The van der Waals surface area contributed by atoms with Crippen LogP contribution in [0.15, 0.2) is 57.6 Å². The molecule has 0 saturated heterocycles. The average molecular weight is 348 g/mol. The molecule has 1 unspecified atom stereocenters. The molecule has 1 atom stereocenters. The first kappa shape index (κ1) is 14.3. The fourth-order valence-corrected chi connectivity index (χ4v) is 2.88. The van der Waals surface area contributed by atoms with Gasteiger partial charge in [0, 0.05) is 21.5 Å². The molecule has 0 aliphatic carbocycles. The van der Waals surface area contributed by atoms with Crippen molar-refractivity contribution in [1.82, 2.24) is 5.32 Å². The van der Waals surface area contributed by atoms with Crippen LogP contribution in [0.1, 0.15) is 17.2 Å². The number of hydrogen-bond donors (Lipinski definition) is 1. The van der Waals surface area contributed by atoms with Gasteiger partial charge < -0.3 is 9.73 Å². The summed E-state index contributed by atoms with van der Waals surface area (Å²) in [6, 6.07) is 13.1. The highest BCUT2D eigenvalue weighted by Gasteiger charge is 2.17. The molecule has 3 aromatic rings. The maximum atomic E-state index is 14.0. The predicted molar refractivity (Wildman–Crippen MR) is 85.8 cm³/mol. The van der Waals surface area contributed by atoms with Crippen molar-refractivity contribution in [3.05, 3.63) is 70.1 Å². The van der Waals surface area contributed by atoms with Gasteiger partial charge in [-0.2, -0.15) is 0 Å². The van der Waals surface area contributed by atoms with Crippen molar-refractivity contribution in [3.8, 4) is 0 Å². The van der Waals surface area contributed by atoms with E-state index in [0.717, 1.165) is 21.0 Å². The number of nitrogens with one attached hydrogen (secondary N) is 1. The molecule has 0 aliphatic heterocycles. The van der Waals surface area contributed by atoms with Crippen molar-refractivity contribution in [3.63, 3.8) is 0 Å². The number of hydrogen-bond acceptors (Lipinski definition) is 2. The third-order valence-electron chi connectivity index (χ3n) is 3.67. The number of halogens is 2. The number of rotatable bonds is 4.